The number of rotatable bonds is 4. The van der Waals surface area contributed by atoms with E-state index in [4.69, 9.17) is 4.98 Å². The van der Waals surface area contributed by atoms with E-state index in [1.165, 1.54) is 0 Å². The number of hydrogen-bond acceptors (Lipinski definition) is 4. The molecule has 5 heteroatoms. The Balaban J connectivity index is 2.21. The van der Waals surface area contributed by atoms with Crippen LogP contribution in [0.2, 0.25) is 0 Å². The number of tetrazole rings is 1. The van der Waals surface area contributed by atoms with E-state index in [0.29, 0.717) is 5.82 Å². The fraction of sp³-hybridized carbons (Fsp3) is 0.250. The Bertz CT molecular complexity index is 1100. The third-order valence-corrected chi connectivity index (χ3v) is 5.01. The van der Waals surface area contributed by atoms with Crippen LogP contribution in [0.1, 0.15) is 39.1 Å². The first kappa shape index (κ1) is 19.0. The number of nitrogens with one attached hydrogen (secondary N) is 1. The van der Waals surface area contributed by atoms with Crippen LogP contribution in [0.4, 0.5) is 0 Å². The molecule has 2 aromatic carbocycles. The van der Waals surface area contributed by atoms with Crippen LogP contribution in [0.15, 0.2) is 60.7 Å². The lowest BCUT2D eigenvalue weighted by Gasteiger charge is -2.26. The monoisotopic (exact) mass is 383 g/mol. The SMILES string of the molecule is CCc1nc(C(C)(C)C)c(-c2nn[nH]n2)c(-c2ccccc2)c1-c1ccccc1. The highest BCUT2D eigenvalue weighted by atomic mass is 15.5. The van der Waals surface area contributed by atoms with Gasteiger partial charge in [0.1, 0.15) is 0 Å². The fourth-order valence-electron chi connectivity index (χ4n) is 3.73. The van der Waals surface area contributed by atoms with E-state index in [9.17, 15) is 0 Å². The van der Waals surface area contributed by atoms with Crippen molar-refractivity contribution < 1.29 is 0 Å². The fourth-order valence-corrected chi connectivity index (χ4v) is 3.73. The van der Waals surface area contributed by atoms with Crippen LogP contribution in [-0.4, -0.2) is 25.6 Å². The van der Waals surface area contributed by atoms with Crippen LogP contribution < -0.4 is 0 Å². The standard InChI is InChI=1S/C24H25N5/c1-5-18-19(16-12-8-6-9-13-16)20(17-14-10-7-11-15-17)21(23-26-28-29-27-23)22(25-18)24(2,3)4/h6-15H,5H2,1-4H3,(H,26,27,28,29). The first-order valence-electron chi connectivity index (χ1n) is 9.92. The van der Waals surface area contributed by atoms with Crippen LogP contribution in [-0.2, 0) is 11.8 Å². The molecule has 4 rings (SSSR count). The zero-order valence-corrected chi connectivity index (χ0v) is 17.3. The van der Waals surface area contributed by atoms with Gasteiger partial charge >= 0.3 is 0 Å². The van der Waals surface area contributed by atoms with Gasteiger partial charge in [-0.3, -0.25) is 4.98 Å². The molecular weight excluding hydrogens is 358 g/mol. The van der Waals surface area contributed by atoms with Gasteiger partial charge in [0.25, 0.3) is 0 Å². The first-order valence-corrected chi connectivity index (χ1v) is 9.92. The molecule has 4 aromatic rings. The number of aromatic nitrogens is 5. The molecule has 0 spiro atoms. The van der Waals surface area contributed by atoms with E-state index >= 15 is 0 Å². The molecule has 2 heterocycles. The topological polar surface area (TPSA) is 67.3 Å². The molecule has 0 aliphatic carbocycles. The van der Waals surface area contributed by atoms with E-state index in [1.807, 2.05) is 12.1 Å². The molecule has 0 saturated heterocycles. The molecule has 0 bridgehead atoms. The summed E-state index contributed by atoms with van der Waals surface area (Å²) in [6.45, 7) is 8.68. The van der Waals surface area contributed by atoms with Gasteiger partial charge in [0, 0.05) is 22.2 Å². The highest BCUT2D eigenvalue weighted by Gasteiger charge is 2.30. The van der Waals surface area contributed by atoms with E-state index in [0.717, 1.165) is 45.6 Å². The minimum absolute atomic E-state index is 0.182. The molecule has 29 heavy (non-hydrogen) atoms. The predicted molar refractivity (Wildman–Crippen MR) is 116 cm³/mol. The number of nitrogens with zero attached hydrogens (tertiary/aromatic N) is 4. The molecule has 0 unspecified atom stereocenters. The molecule has 0 aliphatic heterocycles. The minimum Gasteiger partial charge on any atom is -0.256 e. The second-order valence-corrected chi connectivity index (χ2v) is 8.10. The molecule has 0 aliphatic rings. The molecule has 0 saturated carbocycles. The average molecular weight is 383 g/mol. The van der Waals surface area contributed by atoms with Crippen molar-refractivity contribution >= 4 is 0 Å². The lowest BCUT2D eigenvalue weighted by molar-refractivity contribution is 0.568. The number of aryl methyl sites for hydroxylation is 1. The van der Waals surface area contributed by atoms with Crippen molar-refractivity contribution in [3.8, 4) is 33.6 Å². The molecule has 0 amide bonds. The highest BCUT2D eigenvalue weighted by molar-refractivity contribution is 5.95. The van der Waals surface area contributed by atoms with Crippen molar-refractivity contribution in [1.82, 2.24) is 25.6 Å². The molecular formula is C24H25N5. The third kappa shape index (κ3) is 3.56. The van der Waals surface area contributed by atoms with E-state index in [-0.39, 0.29) is 5.41 Å². The van der Waals surface area contributed by atoms with Crippen LogP contribution in [0.5, 0.6) is 0 Å². The molecule has 146 valence electrons. The summed E-state index contributed by atoms with van der Waals surface area (Å²) in [5.41, 5.74) is 7.31. The zero-order chi connectivity index (χ0) is 20.4. The lowest BCUT2D eigenvalue weighted by atomic mass is 9.81. The van der Waals surface area contributed by atoms with Crippen LogP contribution in [0.25, 0.3) is 33.6 Å². The summed E-state index contributed by atoms with van der Waals surface area (Å²) in [5.74, 6) is 0.570. The Kier molecular flexibility index (Phi) is 4.97. The quantitative estimate of drug-likeness (QED) is 0.508. The minimum atomic E-state index is -0.182. The zero-order valence-electron chi connectivity index (χ0n) is 17.3. The Morgan fingerprint density at radius 2 is 1.38 bits per heavy atom. The maximum atomic E-state index is 5.16. The van der Waals surface area contributed by atoms with E-state index < -0.39 is 0 Å². The summed E-state index contributed by atoms with van der Waals surface area (Å²) in [4.78, 5) is 5.16. The maximum absolute atomic E-state index is 5.16. The van der Waals surface area contributed by atoms with Crippen molar-refractivity contribution in [2.75, 3.05) is 0 Å². The first-order chi connectivity index (χ1) is 14.0. The van der Waals surface area contributed by atoms with Crippen LogP contribution in [0.3, 0.4) is 0 Å². The van der Waals surface area contributed by atoms with Crippen molar-refractivity contribution in [3.63, 3.8) is 0 Å². The summed E-state index contributed by atoms with van der Waals surface area (Å²) >= 11 is 0. The summed E-state index contributed by atoms with van der Waals surface area (Å²) in [7, 11) is 0. The average Bonchev–Trinajstić information content (AvgIpc) is 3.27. The second-order valence-electron chi connectivity index (χ2n) is 8.10. The van der Waals surface area contributed by atoms with Gasteiger partial charge in [0.2, 0.25) is 5.82 Å². The number of benzene rings is 2. The maximum Gasteiger partial charge on any atom is 0.207 e. The van der Waals surface area contributed by atoms with Gasteiger partial charge in [-0.05, 0) is 22.8 Å². The molecule has 0 fully saturated rings. The third-order valence-electron chi connectivity index (χ3n) is 5.01. The van der Waals surface area contributed by atoms with Gasteiger partial charge in [0.15, 0.2) is 0 Å². The van der Waals surface area contributed by atoms with E-state index in [2.05, 4.69) is 96.9 Å². The normalized spacial score (nSPS) is 11.6. The highest BCUT2D eigenvalue weighted by Crippen LogP contribution is 2.44. The van der Waals surface area contributed by atoms with Crippen LogP contribution in [0, 0.1) is 0 Å². The van der Waals surface area contributed by atoms with Crippen molar-refractivity contribution in [2.45, 2.75) is 39.5 Å². The van der Waals surface area contributed by atoms with Gasteiger partial charge in [0.05, 0.1) is 11.3 Å². The largest absolute Gasteiger partial charge is 0.256 e. The number of H-pyrrole nitrogens is 1. The van der Waals surface area contributed by atoms with Crippen molar-refractivity contribution in [1.29, 1.82) is 0 Å². The Morgan fingerprint density at radius 1 is 0.793 bits per heavy atom. The molecule has 2 aromatic heterocycles. The summed E-state index contributed by atoms with van der Waals surface area (Å²) in [6, 6.07) is 20.9. The van der Waals surface area contributed by atoms with Gasteiger partial charge < -0.3 is 0 Å². The van der Waals surface area contributed by atoms with Gasteiger partial charge in [-0.1, -0.05) is 88.4 Å². The summed E-state index contributed by atoms with van der Waals surface area (Å²) in [6.07, 6.45) is 0.833. The molecule has 0 radical (unpaired) electrons. The molecule has 5 nitrogen and oxygen atoms in total. The van der Waals surface area contributed by atoms with Gasteiger partial charge in [-0.2, -0.15) is 5.21 Å². The van der Waals surface area contributed by atoms with Crippen LogP contribution >= 0.6 is 0 Å². The second kappa shape index (κ2) is 7.59. The Morgan fingerprint density at radius 3 is 1.86 bits per heavy atom. The summed E-state index contributed by atoms with van der Waals surface area (Å²) in [5, 5.41) is 15.2. The number of aromatic amines is 1. The number of hydrogen-bond donors (Lipinski definition) is 1. The van der Waals surface area contributed by atoms with Crippen molar-refractivity contribution in [2.24, 2.45) is 0 Å². The number of pyridine rings is 1. The van der Waals surface area contributed by atoms with Crippen molar-refractivity contribution in [3.05, 3.63) is 72.1 Å². The summed E-state index contributed by atoms with van der Waals surface area (Å²) < 4.78 is 0. The van der Waals surface area contributed by atoms with E-state index in [1.54, 1.807) is 0 Å². The van der Waals surface area contributed by atoms with Gasteiger partial charge in [-0.15, -0.1) is 10.2 Å². The smallest absolute Gasteiger partial charge is 0.207 e. The predicted octanol–water partition coefficient (Wildman–Crippen LogP) is 5.46. The Hall–Kier alpha value is -3.34. The molecule has 0 atom stereocenters. The van der Waals surface area contributed by atoms with Gasteiger partial charge in [-0.25, -0.2) is 0 Å². The Labute approximate surface area is 171 Å². The lowest BCUT2D eigenvalue weighted by Crippen LogP contribution is -2.18. The molecule has 1 N–H and O–H groups in total.